The van der Waals surface area contributed by atoms with E-state index in [4.69, 9.17) is 9.47 Å². The lowest BCUT2D eigenvalue weighted by molar-refractivity contribution is -0.0123. The molecule has 0 aromatic heterocycles. The Hall–Kier alpha value is -1.39. The van der Waals surface area contributed by atoms with Crippen molar-refractivity contribution in [1.29, 1.82) is 0 Å². The van der Waals surface area contributed by atoms with E-state index in [2.05, 4.69) is 0 Å². The van der Waals surface area contributed by atoms with Gasteiger partial charge >= 0.3 is 0 Å². The molecular formula is C13H18O4. The molecule has 0 spiro atoms. The van der Waals surface area contributed by atoms with Crippen molar-refractivity contribution >= 4 is 6.29 Å². The second kappa shape index (κ2) is 7.04. The third-order valence-electron chi connectivity index (χ3n) is 2.10. The summed E-state index contributed by atoms with van der Waals surface area (Å²) < 4.78 is 10.6. The molecule has 0 heterocycles. The second-order valence-electron chi connectivity index (χ2n) is 4.00. The van der Waals surface area contributed by atoms with Gasteiger partial charge in [0.2, 0.25) is 0 Å². The fourth-order valence-electron chi connectivity index (χ4n) is 1.25. The summed E-state index contributed by atoms with van der Waals surface area (Å²) in [7, 11) is 0. The first-order chi connectivity index (χ1) is 8.13. The first-order valence-electron chi connectivity index (χ1n) is 5.60. The minimum absolute atomic E-state index is 0.0758. The Labute approximate surface area is 101 Å². The Morgan fingerprint density at radius 2 is 2.00 bits per heavy atom. The van der Waals surface area contributed by atoms with Crippen LogP contribution >= 0.6 is 0 Å². The molecule has 4 heteroatoms. The van der Waals surface area contributed by atoms with Gasteiger partial charge in [0.25, 0.3) is 0 Å². The van der Waals surface area contributed by atoms with Gasteiger partial charge in [0.05, 0.1) is 18.3 Å². The second-order valence-corrected chi connectivity index (χ2v) is 4.00. The van der Waals surface area contributed by atoms with Crippen molar-refractivity contribution in [1.82, 2.24) is 0 Å². The van der Waals surface area contributed by atoms with Gasteiger partial charge in [-0.3, -0.25) is 4.79 Å². The number of carbonyl (C=O) groups excluding carboxylic acids is 1. The van der Waals surface area contributed by atoms with Crippen LogP contribution in [-0.4, -0.2) is 36.8 Å². The Morgan fingerprint density at radius 1 is 1.29 bits per heavy atom. The van der Waals surface area contributed by atoms with Gasteiger partial charge in [-0.25, -0.2) is 0 Å². The van der Waals surface area contributed by atoms with E-state index in [0.717, 1.165) is 6.29 Å². The predicted octanol–water partition coefficient (Wildman–Crippen LogP) is 1.66. The maximum absolute atomic E-state index is 10.7. The molecule has 0 saturated heterocycles. The highest BCUT2D eigenvalue weighted by Crippen LogP contribution is 2.15. The zero-order valence-corrected chi connectivity index (χ0v) is 10.1. The highest BCUT2D eigenvalue weighted by Gasteiger charge is 2.08. The minimum atomic E-state index is -0.697. The summed E-state index contributed by atoms with van der Waals surface area (Å²) in [4.78, 5) is 10.7. The molecule has 1 rings (SSSR count). The van der Waals surface area contributed by atoms with E-state index in [0.29, 0.717) is 11.3 Å². The normalized spacial score (nSPS) is 12.5. The summed E-state index contributed by atoms with van der Waals surface area (Å²) in [6.07, 6.45) is 0.107. The van der Waals surface area contributed by atoms with Gasteiger partial charge in [0.15, 0.2) is 6.29 Å². The number of aldehydes is 1. The van der Waals surface area contributed by atoms with Gasteiger partial charge in [0.1, 0.15) is 18.5 Å². The van der Waals surface area contributed by atoms with Gasteiger partial charge in [-0.1, -0.05) is 12.1 Å². The summed E-state index contributed by atoms with van der Waals surface area (Å²) in [5.41, 5.74) is 0.476. The van der Waals surface area contributed by atoms with E-state index >= 15 is 0 Å². The van der Waals surface area contributed by atoms with Crippen LogP contribution in [0.1, 0.15) is 24.2 Å². The summed E-state index contributed by atoms with van der Waals surface area (Å²) >= 11 is 0. The van der Waals surface area contributed by atoms with Crippen LogP contribution in [0, 0.1) is 0 Å². The quantitative estimate of drug-likeness (QED) is 0.734. The SMILES string of the molecule is CC(C)OCC(O)COc1ccccc1C=O. The number of rotatable bonds is 7. The van der Waals surface area contributed by atoms with Crippen molar-refractivity contribution in [3.05, 3.63) is 29.8 Å². The standard InChI is InChI=1S/C13H18O4/c1-10(2)16-8-12(15)9-17-13-6-4-3-5-11(13)7-14/h3-7,10,12,15H,8-9H2,1-2H3. The van der Waals surface area contributed by atoms with Crippen molar-refractivity contribution in [2.24, 2.45) is 0 Å². The average molecular weight is 238 g/mol. The number of ether oxygens (including phenoxy) is 2. The summed E-state index contributed by atoms with van der Waals surface area (Å²) in [5.74, 6) is 0.478. The molecule has 0 aliphatic rings. The molecule has 0 bridgehead atoms. The van der Waals surface area contributed by atoms with E-state index in [1.54, 1.807) is 24.3 Å². The van der Waals surface area contributed by atoms with Crippen molar-refractivity contribution in [2.45, 2.75) is 26.1 Å². The average Bonchev–Trinajstić information content (AvgIpc) is 2.34. The molecule has 1 aromatic rings. The lowest BCUT2D eigenvalue weighted by atomic mass is 10.2. The molecule has 0 fully saturated rings. The molecule has 1 unspecified atom stereocenters. The molecule has 0 radical (unpaired) electrons. The molecule has 1 aromatic carbocycles. The number of para-hydroxylation sites is 1. The fraction of sp³-hybridized carbons (Fsp3) is 0.462. The van der Waals surface area contributed by atoms with Crippen LogP contribution < -0.4 is 4.74 Å². The zero-order valence-electron chi connectivity index (χ0n) is 10.1. The van der Waals surface area contributed by atoms with Crippen LogP contribution in [0.25, 0.3) is 0 Å². The first kappa shape index (κ1) is 13.7. The van der Waals surface area contributed by atoms with Gasteiger partial charge in [0, 0.05) is 0 Å². The number of benzene rings is 1. The number of aliphatic hydroxyl groups excluding tert-OH is 1. The topological polar surface area (TPSA) is 55.8 Å². The monoisotopic (exact) mass is 238 g/mol. The third-order valence-corrected chi connectivity index (χ3v) is 2.10. The van der Waals surface area contributed by atoms with Crippen molar-refractivity contribution in [2.75, 3.05) is 13.2 Å². The van der Waals surface area contributed by atoms with Crippen LogP contribution in [0.5, 0.6) is 5.75 Å². The molecule has 1 atom stereocenters. The smallest absolute Gasteiger partial charge is 0.153 e. The predicted molar refractivity (Wildman–Crippen MR) is 64.4 cm³/mol. The molecule has 0 aliphatic carbocycles. The molecule has 17 heavy (non-hydrogen) atoms. The zero-order chi connectivity index (χ0) is 12.7. The minimum Gasteiger partial charge on any atom is -0.490 e. The maximum atomic E-state index is 10.7. The lowest BCUT2D eigenvalue weighted by Gasteiger charge is -2.15. The largest absolute Gasteiger partial charge is 0.490 e. The molecule has 0 aliphatic heterocycles. The van der Waals surface area contributed by atoms with Crippen LogP contribution in [-0.2, 0) is 4.74 Å². The Balaban J connectivity index is 2.41. The van der Waals surface area contributed by atoms with Gasteiger partial charge in [-0.15, -0.1) is 0 Å². The van der Waals surface area contributed by atoms with Crippen molar-refractivity contribution in [3.8, 4) is 5.75 Å². The van der Waals surface area contributed by atoms with E-state index in [1.807, 2.05) is 13.8 Å². The molecule has 1 N–H and O–H groups in total. The molecule has 94 valence electrons. The maximum Gasteiger partial charge on any atom is 0.153 e. The van der Waals surface area contributed by atoms with Crippen molar-refractivity contribution in [3.63, 3.8) is 0 Å². The van der Waals surface area contributed by atoms with Crippen LogP contribution in [0.15, 0.2) is 24.3 Å². The van der Waals surface area contributed by atoms with E-state index in [1.165, 1.54) is 0 Å². The molecule has 0 amide bonds. The van der Waals surface area contributed by atoms with Gasteiger partial charge < -0.3 is 14.6 Å². The number of hydrogen-bond acceptors (Lipinski definition) is 4. The van der Waals surface area contributed by atoms with Crippen LogP contribution in [0.3, 0.4) is 0 Å². The van der Waals surface area contributed by atoms with Crippen LogP contribution in [0.2, 0.25) is 0 Å². The Morgan fingerprint density at radius 3 is 2.65 bits per heavy atom. The lowest BCUT2D eigenvalue weighted by Crippen LogP contribution is -2.25. The number of hydrogen-bond donors (Lipinski definition) is 1. The van der Waals surface area contributed by atoms with E-state index in [9.17, 15) is 9.90 Å². The van der Waals surface area contributed by atoms with E-state index < -0.39 is 6.10 Å². The highest BCUT2D eigenvalue weighted by molar-refractivity contribution is 5.79. The van der Waals surface area contributed by atoms with Crippen molar-refractivity contribution < 1.29 is 19.4 Å². The number of carbonyl (C=O) groups is 1. The fourth-order valence-corrected chi connectivity index (χ4v) is 1.25. The van der Waals surface area contributed by atoms with Crippen LogP contribution in [0.4, 0.5) is 0 Å². The highest BCUT2D eigenvalue weighted by atomic mass is 16.5. The molecule has 4 nitrogen and oxygen atoms in total. The Bertz CT molecular complexity index is 349. The molecular weight excluding hydrogens is 220 g/mol. The number of aliphatic hydroxyl groups is 1. The molecule has 0 saturated carbocycles. The van der Waals surface area contributed by atoms with E-state index in [-0.39, 0.29) is 19.3 Å². The van der Waals surface area contributed by atoms with Gasteiger partial charge in [-0.05, 0) is 26.0 Å². The third kappa shape index (κ3) is 4.97. The Kier molecular flexibility index (Phi) is 5.66. The summed E-state index contributed by atoms with van der Waals surface area (Å²) in [6, 6.07) is 6.90. The first-order valence-corrected chi connectivity index (χ1v) is 5.60. The van der Waals surface area contributed by atoms with Gasteiger partial charge in [-0.2, -0.15) is 0 Å². The summed E-state index contributed by atoms with van der Waals surface area (Å²) in [6.45, 7) is 4.13. The summed E-state index contributed by atoms with van der Waals surface area (Å²) in [5, 5.41) is 9.58.